The van der Waals surface area contributed by atoms with Crippen molar-refractivity contribution >= 4 is 18.4 Å². The van der Waals surface area contributed by atoms with Gasteiger partial charge in [-0.25, -0.2) is 0 Å². The molecule has 5 heteroatoms. The summed E-state index contributed by atoms with van der Waals surface area (Å²) in [5.41, 5.74) is 6.65. The lowest BCUT2D eigenvalue weighted by Gasteiger charge is -2.15. The summed E-state index contributed by atoms with van der Waals surface area (Å²) in [5.74, 6) is -0.183. The van der Waals surface area contributed by atoms with Gasteiger partial charge in [0.2, 0.25) is 0 Å². The Morgan fingerprint density at radius 1 is 1.39 bits per heavy atom. The number of phenolic OH excluding ortho intramolecular Hbond substituents is 1. The quantitative estimate of drug-likeness (QED) is 0.805. The van der Waals surface area contributed by atoms with E-state index in [1.54, 1.807) is 24.3 Å². The molecular formula is C13H20ClNO3. The molecule has 0 saturated carbocycles. The molecule has 2 atom stereocenters. The number of halogens is 1. The zero-order chi connectivity index (χ0) is 12.8. The number of rotatable bonds is 5. The van der Waals surface area contributed by atoms with E-state index >= 15 is 0 Å². The number of esters is 1. The Morgan fingerprint density at radius 2 is 1.94 bits per heavy atom. The molecule has 1 unspecified atom stereocenters. The minimum atomic E-state index is -0.659. The summed E-state index contributed by atoms with van der Waals surface area (Å²) in [5, 5.41) is 9.13. The monoisotopic (exact) mass is 273 g/mol. The van der Waals surface area contributed by atoms with Crippen molar-refractivity contribution < 1.29 is 14.6 Å². The molecule has 1 rings (SSSR count). The van der Waals surface area contributed by atoms with E-state index < -0.39 is 6.04 Å². The summed E-state index contributed by atoms with van der Waals surface area (Å²) in [4.78, 5) is 11.6. The molecule has 102 valence electrons. The Kier molecular flexibility index (Phi) is 7.39. The minimum Gasteiger partial charge on any atom is -0.508 e. The average molecular weight is 274 g/mol. The van der Waals surface area contributed by atoms with Crippen LogP contribution in [0.1, 0.15) is 25.8 Å². The third kappa shape index (κ3) is 5.38. The Bertz CT molecular complexity index is 367. The van der Waals surface area contributed by atoms with Crippen molar-refractivity contribution in [2.24, 2.45) is 5.73 Å². The van der Waals surface area contributed by atoms with Crippen LogP contribution in [0.3, 0.4) is 0 Å². The molecule has 0 aliphatic heterocycles. The molecule has 4 nitrogen and oxygen atoms in total. The van der Waals surface area contributed by atoms with Crippen molar-refractivity contribution in [2.45, 2.75) is 38.8 Å². The van der Waals surface area contributed by atoms with Crippen molar-refractivity contribution in [1.29, 1.82) is 0 Å². The second kappa shape index (κ2) is 7.95. The van der Waals surface area contributed by atoms with E-state index in [2.05, 4.69) is 0 Å². The fraction of sp³-hybridized carbons (Fsp3) is 0.462. The Balaban J connectivity index is 0.00000289. The van der Waals surface area contributed by atoms with Crippen LogP contribution in [0.2, 0.25) is 0 Å². The Hall–Kier alpha value is -1.26. The second-order valence-electron chi connectivity index (χ2n) is 4.13. The summed E-state index contributed by atoms with van der Waals surface area (Å²) < 4.78 is 5.14. The smallest absolute Gasteiger partial charge is 0.323 e. The van der Waals surface area contributed by atoms with Crippen LogP contribution in [0.25, 0.3) is 0 Å². The lowest BCUT2D eigenvalue weighted by molar-refractivity contribution is -0.149. The van der Waals surface area contributed by atoms with Gasteiger partial charge in [-0.05, 0) is 37.5 Å². The first-order valence-corrected chi connectivity index (χ1v) is 5.77. The number of phenols is 1. The Labute approximate surface area is 114 Å². The van der Waals surface area contributed by atoms with Crippen LogP contribution in [0.4, 0.5) is 0 Å². The van der Waals surface area contributed by atoms with Crippen LogP contribution in [-0.4, -0.2) is 23.2 Å². The lowest BCUT2D eigenvalue weighted by atomic mass is 10.1. The third-order valence-electron chi connectivity index (χ3n) is 2.59. The molecule has 0 heterocycles. The predicted octanol–water partition coefficient (Wildman–Crippen LogP) is 2.03. The molecule has 3 N–H and O–H groups in total. The second-order valence-corrected chi connectivity index (χ2v) is 4.13. The number of carbonyl (C=O) groups excluding carboxylic acids is 1. The third-order valence-corrected chi connectivity index (χ3v) is 2.59. The molecule has 1 aromatic carbocycles. The lowest BCUT2D eigenvalue weighted by Crippen LogP contribution is -2.36. The minimum absolute atomic E-state index is 0. The van der Waals surface area contributed by atoms with E-state index in [0.717, 1.165) is 12.0 Å². The molecule has 0 spiro atoms. The van der Waals surface area contributed by atoms with Crippen LogP contribution in [0.5, 0.6) is 5.75 Å². The highest BCUT2D eigenvalue weighted by molar-refractivity contribution is 5.85. The van der Waals surface area contributed by atoms with Crippen molar-refractivity contribution in [3.63, 3.8) is 0 Å². The molecule has 0 amide bonds. The van der Waals surface area contributed by atoms with Crippen LogP contribution in [0, 0.1) is 0 Å². The Morgan fingerprint density at radius 3 is 2.44 bits per heavy atom. The molecule has 0 fully saturated rings. The number of ether oxygens (including phenoxy) is 1. The SMILES string of the molecule is CCC(C)OC(=O)[C@@H](N)Cc1ccc(O)cc1.Cl. The molecule has 1 aromatic rings. The molecule has 0 aliphatic carbocycles. The molecule has 0 bridgehead atoms. The number of hydrogen-bond acceptors (Lipinski definition) is 4. The largest absolute Gasteiger partial charge is 0.508 e. The van der Waals surface area contributed by atoms with Gasteiger partial charge in [-0.1, -0.05) is 19.1 Å². The highest BCUT2D eigenvalue weighted by atomic mass is 35.5. The summed E-state index contributed by atoms with van der Waals surface area (Å²) in [6.07, 6.45) is 1.08. The van der Waals surface area contributed by atoms with Crippen LogP contribution in [-0.2, 0) is 16.0 Å². The average Bonchev–Trinajstić information content (AvgIpc) is 2.31. The maximum absolute atomic E-state index is 11.6. The van der Waals surface area contributed by atoms with E-state index in [1.165, 1.54) is 0 Å². The zero-order valence-electron chi connectivity index (χ0n) is 10.6. The van der Waals surface area contributed by atoms with Gasteiger partial charge in [-0.3, -0.25) is 4.79 Å². The maximum atomic E-state index is 11.6. The molecule has 0 aliphatic rings. The van der Waals surface area contributed by atoms with Crippen molar-refractivity contribution in [3.05, 3.63) is 29.8 Å². The van der Waals surface area contributed by atoms with Gasteiger partial charge in [-0.2, -0.15) is 0 Å². The maximum Gasteiger partial charge on any atom is 0.323 e. The normalized spacial score (nSPS) is 13.3. The van der Waals surface area contributed by atoms with Gasteiger partial charge in [-0.15, -0.1) is 12.4 Å². The van der Waals surface area contributed by atoms with Gasteiger partial charge in [0, 0.05) is 0 Å². The fourth-order valence-electron chi connectivity index (χ4n) is 1.34. The fourth-order valence-corrected chi connectivity index (χ4v) is 1.34. The van der Waals surface area contributed by atoms with E-state index in [9.17, 15) is 4.79 Å². The molecule has 0 radical (unpaired) electrons. The number of carbonyl (C=O) groups is 1. The summed E-state index contributed by atoms with van der Waals surface area (Å²) in [6, 6.07) is 5.97. The van der Waals surface area contributed by atoms with Gasteiger partial charge in [0.15, 0.2) is 0 Å². The molecule has 0 saturated heterocycles. The van der Waals surface area contributed by atoms with Crippen molar-refractivity contribution in [2.75, 3.05) is 0 Å². The number of aromatic hydroxyl groups is 1. The van der Waals surface area contributed by atoms with E-state index in [4.69, 9.17) is 15.6 Å². The zero-order valence-corrected chi connectivity index (χ0v) is 11.4. The van der Waals surface area contributed by atoms with Gasteiger partial charge >= 0.3 is 5.97 Å². The highest BCUT2D eigenvalue weighted by Crippen LogP contribution is 2.11. The molecule has 0 aromatic heterocycles. The highest BCUT2D eigenvalue weighted by Gasteiger charge is 2.17. The van der Waals surface area contributed by atoms with Crippen molar-refractivity contribution in [3.8, 4) is 5.75 Å². The van der Waals surface area contributed by atoms with E-state index in [1.807, 2.05) is 13.8 Å². The van der Waals surface area contributed by atoms with E-state index in [-0.39, 0.29) is 30.2 Å². The number of nitrogens with two attached hydrogens (primary N) is 1. The molecule has 18 heavy (non-hydrogen) atoms. The standard InChI is InChI=1S/C13H19NO3.ClH/c1-3-9(2)17-13(16)12(14)8-10-4-6-11(15)7-5-10;/h4-7,9,12,15H,3,8,14H2,1-2H3;1H/t9?,12-;/m0./s1. The van der Waals surface area contributed by atoms with Gasteiger partial charge in [0.25, 0.3) is 0 Å². The summed E-state index contributed by atoms with van der Waals surface area (Å²) in [7, 11) is 0. The topological polar surface area (TPSA) is 72.5 Å². The number of hydrogen-bond donors (Lipinski definition) is 2. The molecular weight excluding hydrogens is 254 g/mol. The number of benzene rings is 1. The van der Waals surface area contributed by atoms with Crippen LogP contribution < -0.4 is 5.73 Å². The first kappa shape index (κ1) is 16.7. The first-order valence-electron chi connectivity index (χ1n) is 5.77. The predicted molar refractivity (Wildman–Crippen MR) is 72.9 cm³/mol. The summed E-state index contributed by atoms with van der Waals surface area (Å²) >= 11 is 0. The van der Waals surface area contributed by atoms with Gasteiger partial charge in [0.05, 0.1) is 6.10 Å². The van der Waals surface area contributed by atoms with Crippen molar-refractivity contribution in [1.82, 2.24) is 0 Å². The van der Waals surface area contributed by atoms with Crippen LogP contribution in [0.15, 0.2) is 24.3 Å². The van der Waals surface area contributed by atoms with Crippen LogP contribution >= 0.6 is 12.4 Å². The van der Waals surface area contributed by atoms with Gasteiger partial charge in [0.1, 0.15) is 11.8 Å². The summed E-state index contributed by atoms with van der Waals surface area (Å²) in [6.45, 7) is 3.79. The van der Waals surface area contributed by atoms with E-state index in [0.29, 0.717) is 6.42 Å². The van der Waals surface area contributed by atoms with Gasteiger partial charge < -0.3 is 15.6 Å². The first-order chi connectivity index (χ1) is 8.02.